The van der Waals surface area contributed by atoms with Crippen molar-refractivity contribution >= 4 is 11.6 Å². The Kier molecular flexibility index (Phi) is 3.90. The summed E-state index contributed by atoms with van der Waals surface area (Å²) in [6.45, 7) is 1.95. The molecule has 84 valence electrons. The SMILES string of the molecule is CCCCc1cc(Cl)nc(C(F)(F)F)n1. The number of nitrogens with zero attached hydrogens (tertiary/aromatic N) is 2. The van der Waals surface area contributed by atoms with Gasteiger partial charge in [0, 0.05) is 5.69 Å². The first kappa shape index (κ1) is 12.2. The van der Waals surface area contributed by atoms with Crippen LogP contribution in [0.3, 0.4) is 0 Å². The molecular weight excluding hydrogens is 229 g/mol. The van der Waals surface area contributed by atoms with Crippen LogP contribution in [0.1, 0.15) is 31.3 Å². The average Bonchev–Trinajstić information content (AvgIpc) is 2.12. The van der Waals surface area contributed by atoms with E-state index < -0.39 is 12.0 Å². The van der Waals surface area contributed by atoms with Crippen molar-refractivity contribution < 1.29 is 13.2 Å². The topological polar surface area (TPSA) is 25.8 Å². The average molecular weight is 239 g/mol. The van der Waals surface area contributed by atoms with Crippen molar-refractivity contribution in [1.82, 2.24) is 9.97 Å². The molecule has 2 nitrogen and oxygen atoms in total. The van der Waals surface area contributed by atoms with Crippen molar-refractivity contribution in [3.63, 3.8) is 0 Å². The van der Waals surface area contributed by atoms with Gasteiger partial charge in [0.25, 0.3) is 0 Å². The van der Waals surface area contributed by atoms with Gasteiger partial charge in [-0.1, -0.05) is 24.9 Å². The molecule has 0 bridgehead atoms. The van der Waals surface area contributed by atoms with Gasteiger partial charge in [0.2, 0.25) is 5.82 Å². The lowest BCUT2D eigenvalue weighted by atomic mass is 10.2. The van der Waals surface area contributed by atoms with Crippen molar-refractivity contribution in [3.05, 3.63) is 22.7 Å². The highest BCUT2D eigenvalue weighted by Gasteiger charge is 2.35. The molecule has 0 spiro atoms. The number of hydrogen-bond donors (Lipinski definition) is 0. The number of halogens is 4. The summed E-state index contributed by atoms with van der Waals surface area (Å²) in [5.41, 5.74) is 0.337. The molecule has 0 aliphatic heterocycles. The Morgan fingerprint density at radius 1 is 1.33 bits per heavy atom. The first-order chi connectivity index (χ1) is 6.93. The second-order valence-corrected chi connectivity index (χ2v) is 3.49. The molecule has 0 N–H and O–H groups in total. The summed E-state index contributed by atoms with van der Waals surface area (Å²) in [5, 5.41) is -0.163. The number of aryl methyl sites for hydroxylation is 1. The van der Waals surface area contributed by atoms with Gasteiger partial charge in [-0.3, -0.25) is 0 Å². The van der Waals surface area contributed by atoms with Crippen molar-refractivity contribution in [2.24, 2.45) is 0 Å². The third kappa shape index (κ3) is 3.66. The third-order valence-electron chi connectivity index (χ3n) is 1.79. The number of hydrogen-bond acceptors (Lipinski definition) is 2. The molecule has 0 aliphatic carbocycles. The van der Waals surface area contributed by atoms with Gasteiger partial charge in [-0.2, -0.15) is 13.2 Å². The van der Waals surface area contributed by atoms with Gasteiger partial charge in [-0.05, 0) is 18.9 Å². The van der Waals surface area contributed by atoms with Gasteiger partial charge >= 0.3 is 6.18 Å². The van der Waals surface area contributed by atoms with Crippen molar-refractivity contribution in [3.8, 4) is 0 Å². The highest BCUT2D eigenvalue weighted by molar-refractivity contribution is 6.29. The van der Waals surface area contributed by atoms with Crippen molar-refractivity contribution in [1.29, 1.82) is 0 Å². The first-order valence-electron chi connectivity index (χ1n) is 4.54. The van der Waals surface area contributed by atoms with Crippen LogP contribution in [0.5, 0.6) is 0 Å². The summed E-state index contributed by atoms with van der Waals surface area (Å²) in [6, 6.07) is 1.37. The van der Waals surface area contributed by atoms with Crippen LogP contribution in [0.25, 0.3) is 0 Å². The minimum Gasteiger partial charge on any atom is -0.229 e. The lowest BCUT2D eigenvalue weighted by Gasteiger charge is -2.07. The standard InChI is InChI=1S/C9H10ClF3N2/c1-2-3-4-6-5-7(10)15-8(14-6)9(11,12)13/h5H,2-4H2,1H3. The van der Waals surface area contributed by atoms with Crippen LogP contribution in [0, 0.1) is 0 Å². The molecule has 0 amide bonds. The molecule has 0 unspecified atom stereocenters. The maximum absolute atomic E-state index is 12.3. The van der Waals surface area contributed by atoms with Gasteiger partial charge in [0.1, 0.15) is 5.15 Å². The molecule has 1 aromatic heterocycles. The lowest BCUT2D eigenvalue weighted by Crippen LogP contribution is -2.12. The molecule has 0 aliphatic rings. The molecule has 15 heavy (non-hydrogen) atoms. The van der Waals surface area contributed by atoms with Crippen LogP contribution in [-0.4, -0.2) is 9.97 Å². The third-order valence-corrected chi connectivity index (χ3v) is 1.98. The van der Waals surface area contributed by atoms with Crippen LogP contribution in [-0.2, 0) is 12.6 Å². The Balaban J connectivity index is 2.95. The molecule has 0 radical (unpaired) electrons. The molecule has 0 saturated carbocycles. The summed E-state index contributed by atoms with van der Waals surface area (Å²) in [6.07, 6.45) is -2.37. The lowest BCUT2D eigenvalue weighted by molar-refractivity contribution is -0.145. The zero-order valence-electron chi connectivity index (χ0n) is 8.10. The Morgan fingerprint density at radius 2 is 2.00 bits per heavy atom. The number of aromatic nitrogens is 2. The molecule has 0 aromatic carbocycles. The van der Waals surface area contributed by atoms with E-state index in [1.54, 1.807) is 0 Å². The highest BCUT2D eigenvalue weighted by atomic mass is 35.5. The zero-order chi connectivity index (χ0) is 11.5. The van der Waals surface area contributed by atoms with E-state index in [-0.39, 0.29) is 5.15 Å². The summed E-state index contributed by atoms with van der Waals surface area (Å²) in [5.74, 6) is -1.17. The normalized spacial score (nSPS) is 11.8. The second-order valence-electron chi connectivity index (χ2n) is 3.11. The summed E-state index contributed by atoms with van der Waals surface area (Å²) >= 11 is 5.48. The van der Waals surface area contributed by atoms with E-state index in [1.807, 2.05) is 6.92 Å². The van der Waals surface area contributed by atoms with E-state index in [0.717, 1.165) is 12.8 Å². The molecule has 0 saturated heterocycles. The maximum Gasteiger partial charge on any atom is 0.451 e. The maximum atomic E-state index is 12.3. The van der Waals surface area contributed by atoms with Crippen molar-refractivity contribution in [2.75, 3.05) is 0 Å². The Labute approximate surface area is 90.5 Å². The van der Waals surface area contributed by atoms with E-state index in [2.05, 4.69) is 9.97 Å². The van der Waals surface area contributed by atoms with Crippen LogP contribution < -0.4 is 0 Å². The highest BCUT2D eigenvalue weighted by Crippen LogP contribution is 2.27. The molecule has 1 heterocycles. The minimum atomic E-state index is -4.54. The van der Waals surface area contributed by atoms with Gasteiger partial charge in [0.05, 0.1) is 0 Å². The van der Waals surface area contributed by atoms with Crippen LogP contribution in [0.15, 0.2) is 6.07 Å². The van der Waals surface area contributed by atoms with Crippen molar-refractivity contribution in [2.45, 2.75) is 32.4 Å². The fourth-order valence-corrected chi connectivity index (χ4v) is 1.28. The molecular formula is C9H10ClF3N2. The van der Waals surface area contributed by atoms with Crippen LogP contribution in [0.4, 0.5) is 13.2 Å². The molecule has 0 fully saturated rings. The molecule has 0 atom stereocenters. The number of unbranched alkanes of at least 4 members (excludes halogenated alkanes) is 1. The fraction of sp³-hybridized carbons (Fsp3) is 0.556. The minimum absolute atomic E-state index is 0.163. The van der Waals surface area contributed by atoms with Crippen LogP contribution >= 0.6 is 11.6 Å². The molecule has 6 heteroatoms. The number of alkyl halides is 3. The van der Waals surface area contributed by atoms with E-state index >= 15 is 0 Å². The molecule has 1 rings (SSSR count). The summed E-state index contributed by atoms with van der Waals surface area (Å²) in [7, 11) is 0. The van der Waals surface area contributed by atoms with E-state index in [9.17, 15) is 13.2 Å². The van der Waals surface area contributed by atoms with Gasteiger partial charge in [-0.25, -0.2) is 9.97 Å². The number of rotatable bonds is 3. The monoisotopic (exact) mass is 238 g/mol. The predicted molar refractivity (Wildman–Crippen MR) is 50.7 cm³/mol. The van der Waals surface area contributed by atoms with E-state index in [4.69, 9.17) is 11.6 Å². The quantitative estimate of drug-likeness (QED) is 0.754. The second kappa shape index (κ2) is 4.79. The Bertz CT molecular complexity index is 339. The first-order valence-corrected chi connectivity index (χ1v) is 4.92. The van der Waals surface area contributed by atoms with E-state index in [0.29, 0.717) is 12.1 Å². The summed E-state index contributed by atoms with van der Waals surface area (Å²) in [4.78, 5) is 6.56. The van der Waals surface area contributed by atoms with E-state index in [1.165, 1.54) is 6.07 Å². The molecule has 1 aromatic rings. The summed E-state index contributed by atoms with van der Waals surface area (Å²) < 4.78 is 36.9. The van der Waals surface area contributed by atoms with Gasteiger partial charge in [0.15, 0.2) is 0 Å². The Hall–Kier alpha value is -0.840. The fourth-order valence-electron chi connectivity index (χ4n) is 1.08. The van der Waals surface area contributed by atoms with Gasteiger partial charge < -0.3 is 0 Å². The largest absolute Gasteiger partial charge is 0.451 e. The smallest absolute Gasteiger partial charge is 0.229 e. The zero-order valence-corrected chi connectivity index (χ0v) is 8.86. The Morgan fingerprint density at radius 3 is 2.53 bits per heavy atom. The predicted octanol–water partition coefficient (Wildman–Crippen LogP) is 3.49. The van der Waals surface area contributed by atoms with Gasteiger partial charge in [-0.15, -0.1) is 0 Å². The van der Waals surface area contributed by atoms with Crippen LogP contribution in [0.2, 0.25) is 5.15 Å².